The van der Waals surface area contributed by atoms with Crippen LogP contribution in [-0.4, -0.2) is 56.6 Å². The zero-order valence-corrected chi connectivity index (χ0v) is 14.8. The van der Waals surface area contributed by atoms with Crippen LogP contribution >= 0.6 is 0 Å². The van der Waals surface area contributed by atoms with E-state index in [-0.39, 0.29) is 0 Å². The van der Waals surface area contributed by atoms with Crippen molar-refractivity contribution in [1.29, 1.82) is 0 Å². The zero-order valence-electron chi connectivity index (χ0n) is 14.8. The fraction of sp³-hybridized carbons (Fsp3) is 0.333. The lowest BCUT2D eigenvalue weighted by Crippen LogP contribution is -2.51. The van der Waals surface area contributed by atoms with Crippen molar-refractivity contribution in [2.24, 2.45) is 17.8 Å². The Balaban J connectivity index is 1.40. The summed E-state index contributed by atoms with van der Waals surface area (Å²) in [4.78, 5) is 22.1. The van der Waals surface area contributed by atoms with Crippen LogP contribution in [0.15, 0.2) is 47.7 Å². The number of hydrogen-bond donors (Lipinski definition) is 1. The molecule has 26 heavy (non-hydrogen) atoms. The summed E-state index contributed by atoms with van der Waals surface area (Å²) in [5.74, 6) is 2.23. The van der Waals surface area contributed by atoms with Gasteiger partial charge in [-0.25, -0.2) is 19.9 Å². The van der Waals surface area contributed by atoms with E-state index in [4.69, 9.17) is 5.73 Å². The molecule has 0 saturated carbocycles. The Morgan fingerprint density at radius 3 is 2.54 bits per heavy atom. The molecule has 2 aromatic heterocycles. The van der Waals surface area contributed by atoms with Gasteiger partial charge in [0.05, 0.1) is 11.0 Å². The third kappa shape index (κ3) is 3.17. The SMILES string of the molecule is Cn1c(CN=C(N)N2CCN(c3ncccn3)CC2)nc2ccccc21. The molecule has 0 amide bonds. The van der Waals surface area contributed by atoms with Crippen molar-refractivity contribution >= 4 is 22.9 Å². The second-order valence-corrected chi connectivity index (χ2v) is 6.27. The molecule has 0 unspecified atom stereocenters. The summed E-state index contributed by atoms with van der Waals surface area (Å²) in [6, 6.07) is 9.90. The van der Waals surface area contributed by atoms with E-state index in [0.29, 0.717) is 12.5 Å². The number of rotatable bonds is 3. The van der Waals surface area contributed by atoms with Gasteiger partial charge in [-0.05, 0) is 18.2 Å². The highest BCUT2D eigenvalue weighted by Gasteiger charge is 2.20. The van der Waals surface area contributed by atoms with Gasteiger partial charge < -0.3 is 20.1 Å². The number of para-hydroxylation sites is 2. The molecular weight excluding hydrogens is 328 g/mol. The van der Waals surface area contributed by atoms with Gasteiger partial charge in [-0.2, -0.15) is 0 Å². The number of aromatic nitrogens is 4. The molecule has 1 saturated heterocycles. The number of hydrogen-bond acceptors (Lipinski definition) is 5. The minimum Gasteiger partial charge on any atom is -0.370 e. The Morgan fingerprint density at radius 1 is 1.08 bits per heavy atom. The predicted octanol–water partition coefficient (Wildman–Crippen LogP) is 1.00. The van der Waals surface area contributed by atoms with Crippen molar-refractivity contribution < 1.29 is 0 Å². The van der Waals surface area contributed by atoms with Gasteiger partial charge in [0.25, 0.3) is 0 Å². The van der Waals surface area contributed by atoms with E-state index in [1.807, 2.05) is 31.3 Å². The minimum atomic E-state index is 0.471. The van der Waals surface area contributed by atoms with E-state index in [2.05, 4.69) is 40.4 Å². The normalized spacial score (nSPS) is 15.7. The van der Waals surface area contributed by atoms with Crippen molar-refractivity contribution in [3.8, 4) is 0 Å². The van der Waals surface area contributed by atoms with Crippen LogP contribution in [-0.2, 0) is 13.6 Å². The van der Waals surface area contributed by atoms with Crippen LogP contribution in [0.5, 0.6) is 0 Å². The average Bonchev–Trinajstić information content (AvgIpc) is 3.03. The highest BCUT2D eigenvalue weighted by Crippen LogP contribution is 2.15. The maximum absolute atomic E-state index is 6.21. The Morgan fingerprint density at radius 2 is 1.81 bits per heavy atom. The van der Waals surface area contributed by atoms with Gasteiger partial charge in [0.15, 0.2) is 5.96 Å². The number of fused-ring (bicyclic) bond motifs is 1. The van der Waals surface area contributed by atoms with E-state index < -0.39 is 0 Å². The van der Waals surface area contributed by atoms with Crippen LogP contribution in [0.25, 0.3) is 11.0 Å². The van der Waals surface area contributed by atoms with Gasteiger partial charge >= 0.3 is 0 Å². The molecule has 1 aliphatic heterocycles. The number of benzene rings is 1. The smallest absolute Gasteiger partial charge is 0.225 e. The summed E-state index contributed by atoms with van der Waals surface area (Å²) in [5, 5.41) is 0. The lowest BCUT2D eigenvalue weighted by atomic mass is 10.3. The van der Waals surface area contributed by atoms with Gasteiger partial charge in [-0.3, -0.25) is 0 Å². The number of aliphatic imine (C=N–C) groups is 1. The first-order valence-corrected chi connectivity index (χ1v) is 8.69. The zero-order chi connectivity index (χ0) is 17.9. The van der Waals surface area contributed by atoms with Gasteiger partial charge in [0.2, 0.25) is 5.95 Å². The number of aryl methyl sites for hydroxylation is 1. The number of piperazine rings is 1. The summed E-state index contributed by atoms with van der Waals surface area (Å²) < 4.78 is 2.07. The molecule has 134 valence electrons. The summed E-state index contributed by atoms with van der Waals surface area (Å²) >= 11 is 0. The third-order valence-corrected chi connectivity index (χ3v) is 4.70. The minimum absolute atomic E-state index is 0.471. The molecule has 1 aromatic carbocycles. The van der Waals surface area contributed by atoms with E-state index in [9.17, 15) is 0 Å². The second kappa shape index (κ2) is 6.99. The lowest BCUT2D eigenvalue weighted by molar-refractivity contribution is 0.378. The van der Waals surface area contributed by atoms with E-state index in [1.54, 1.807) is 12.4 Å². The van der Waals surface area contributed by atoms with Crippen LogP contribution in [0.3, 0.4) is 0 Å². The number of nitrogens with two attached hydrogens (primary N) is 1. The highest BCUT2D eigenvalue weighted by molar-refractivity contribution is 5.79. The van der Waals surface area contributed by atoms with Crippen molar-refractivity contribution in [3.05, 3.63) is 48.5 Å². The molecule has 1 aliphatic rings. The second-order valence-electron chi connectivity index (χ2n) is 6.27. The van der Waals surface area contributed by atoms with Gasteiger partial charge in [-0.1, -0.05) is 12.1 Å². The van der Waals surface area contributed by atoms with Crippen LogP contribution in [0.2, 0.25) is 0 Å². The maximum Gasteiger partial charge on any atom is 0.225 e. The molecule has 8 nitrogen and oxygen atoms in total. The van der Waals surface area contributed by atoms with Crippen molar-refractivity contribution in [1.82, 2.24) is 24.4 Å². The molecule has 3 heterocycles. The summed E-state index contributed by atoms with van der Waals surface area (Å²) in [7, 11) is 2.01. The van der Waals surface area contributed by atoms with Crippen LogP contribution in [0.1, 0.15) is 5.82 Å². The van der Waals surface area contributed by atoms with Crippen molar-refractivity contribution in [2.45, 2.75) is 6.54 Å². The van der Waals surface area contributed by atoms with Crippen molar-refractivity contribution in [3.63, 3.8) is 0 Å². The van der Waals surface area contributed by atoms with Crippen LogP contribution in [0.4, 0.5) is 5.95 Å². The Kier molecular flexibility index (Phi) is 4.39. The first kappa shape index (κ1) is 16.3. The Hall–Kier alpha value is -3.16. The quantitative estimate of drug-likeness (QED) is 0.560. The lowest BCUT2D eigenvalue weighted by Gasteiger charge is -2.35. The first-order chi connectivity index (χ1) is 12.7. The van der Waals surface area contributed by atoms with Crippen LogP contribution in [0, 0.1) is 0 Å². The molecule has 0 radical (unpaired) electrons. The van der Waals surface area contributed by atoms with E-state index >= 15 is 0 Å². The third-order valence-electron chi connectivity index (χ3n) is 4.70. The van der Waals surface area contributed by atoms with Gasteiger partial charge in [0, 0.05) is 45.6 Å². The standard InChI is InChI=1S/C18H22N8/c1-24-15-6-3-2-5-14(15)23-16(24)13-22-17(19)25-9-11-26(12-10-25)18-20-7-4-8-21-18/h2-8H,9-13H2,1H3,(H2,19,22). The van der Waals surface area contributed by atoms with Gasteiger partial charge in [-0.15, -0.1) is 0 Å². The Labute approximate surface area is 152 Å². The number of guanidine groups is 1. The maximum atomic E-state index is 6.21. The molecule has 4 rings (SSSR count). The molecular formula is C18H22N8. The fourth-order valence-corrected chi connectivity index (χ4v) is 3.18. The molecule has 0 spiro atoms. The average molecular weight is 350 g/mol. The summed E-state index contributed by atoms with van der Waals surface area (Å²) in [5.41, 5.74) is 8.30. The van der Waals surface area contributed by atoms with Crippen LogP contribution < -0.4 is 10.6 Å². The topological polar surface area (TPSA) is 88.5 Å². The Bertz CT molecular complexity index is 909. The predicted molar refractivity (Wildman–Crippen MR) is 102 cm³/mol. The molecule has 2 N–H and O–H groups in total. The van der Waals surface area contributed by atoms with Crippen molar-refractivity contribution in [2.75, 3.05) is 31.1 Å². The molecule has 0 atom stereocenters. The monoisotopic (exact) mass is 350 g/mol. The number of nitrogens with zero attached hydrogens (tertiary/aromatic N) is 7. The number of imidazole rings is 1. The largest absolute Gasteiger partial charge is 0.370 e. The fourth-order valence-electron chi connectivity index (χ4n) is 3.18. The first-order valence-electron chi connectivity index (χ1n) is 8.69. The summed E-state index contributed by atoms with van der Waals surface area (Å²) in [6.45, 7) is 3.73. The van der Waals surface area contributed by atoms with E-state index in [1.165, 1.54) is 0 Å². The molecule has 3 aromatic rings. The molecule has 0 aliphatic carbocycles. The molecule has 1 fully saturated rings. The molecule has 8 heteroatoms. The molecule has 0 bridgehead atoms. The highest BCUT2D eigenvalue weighted by atomic mass is 15.4. The van der Waals surface area contributed by atoms with Gasteiger partial charge in [0.1, 0.15) is 12.4 Å². The van der Waals surface area contributed by atoms with E-state index in [0.717, 1.165) is 49.0 Å². The summed E-state index contributed by atoms with van der Waals surface area (Å²) in [6.07, 6.45) is 3.53. The number of anilines is 1.